The smallest absolute Gasteiger partial charge is 0.219 e. The van der Waals surface area contributed by atoms with E-state index in [1.807, 2.05) is 61.4 Å². The number of nitrogens with zero attached hydrogens (tertiary/aromatic N) is 7. The first-order valence-corrected chi connectivity index (χ1v) is 15.9. The predicted molar refractivity (Wildman–Crippen MR) is 192 cm³/mol. The van der Waals surface area contributed by atoms with Crippen molar-refractivity contribution < 1.29 is 4.79 Å². The molecular weight excluding hydrogens is 560 g/mol. The number of hydrogen-bond acceptors (Lipinski definition) is 7. The van der Waals surface area contributed by atoms with Crippen molar-refractivity contribution in [2.75, 3.05) is 39.3 Å². The molecule has 0 bridgehead atoms. The van der Waals surface area contributed by atoms with Gasteiger partial charge >= 0.3 is 0 Å². The van der Waals surface area contributed by atoms with E-state index < -0.39 is 0 Å². The second kappa shape index (κ2) is 24.2. The highest BCUT2D eigenvalue weighted by atomic mass is 16.2. The van der Waals surface area contributed by atoms with Gasteiger partial charge in [0.15, 0.2) is 5.84 Å². The van der Waals surface area contributed by atoms with E-state index in [1.165, 1.54) is 23.0 Å². The molecule has 248 valence electrons. The summed E-state index contributed by atoms with van der Waals surface area (Å²) in [6, 6.07) is 10.4. The van der Waals surface area contributed by atoms with E-state index in [1.54, 1.807) is 6.92 Å². The zero-order chi connectivity index (χ0) is 34.2. The number of rotatable bonds is 7. The summed E-state index contributed by atoms with van der Waals surface area (Å²) in [5.74, 6) is 0.707. The van der Waals surface area contributed by atoms with Crippen LogP contribution in [0.4, 0.5) is 0 Å². The van der Waals surface area contributed by atoms with E-state index in [0.717, 1.165) is 70.0 Å². The molecule has 45 heavy (non-hydrogen) atoms. The van der Waals surface area contributed by atoms with Crippen molar-refractivity contribution in [3.05, 3.63) is 76.8 Å². The zero-order valence-electron chi connectivity index (χ0n) is 29.3. The summed E-state index contributed by atoms with van der Waals surface area (Å²) in [4.78, 5) is 19.6. The molecule has 2 aromatic rings. The number of aromatic nitrogens is 2. The molecule has 4 rings (SSSR count). The molecule has 1 amide bonds. The Balaban J connectivity index is 0.000000717. The van der Waals surface area contributed by atoms with Gasteiger partial charge in [-0.05, 0) is 72.1 Å². The Labute approximate surface area is 273 Å². The molecule has 1 aromatic heterocycles. The van der Waals surface area contributed by atoms with Crippen molar-refractivity contribution in [1.29, 1.82) is 0 Å². The Bertz CT molecular complexity index is 1210. The second-order valence-corrected chi connectivity index (χ2v) is 10.5. The van der Waals surface area contributed by atoms with Gasteiger partial charge in [0.1, 0.15) is 6.34 Å². The molecular formula is C36H58N8O. The zero-order valence-corrected chi connectivity index (χ0v) is 29.3. The Morgan fingerprint density at radius 3 is 2.02 bits per heavy atom. The summed E-state index contributed by atoms with van der Waals surface area (Å²) in [6.07, 6.45) is 17.8. The number of aliphatic imine (C=N–C) groups is 1. The van der Waals surface area contributed by atoms with Crippen molar-refractivity contribution in [1.82, 2.24) is 24.6 Å². The molecule has 2 N–H and O–H groups in total. The minimum absolute atomic E-state index is 0.181. The molecule has 2 aliphatic rings. The largest absolute Gasteiger partial charge is 0.382 e. The lowest BCUT2D eigenvalue weighted by Gasteiger charge is -2.34. The van der Waals surface area contributed by atoms with Crippen molar-refractivity contribution in [2.24, 2.45) is 15.8 Å². The first kappa shape index (κ1) is 40.8. The van der Waals surface area contributed by atoms with Crippen LogP contribution in [0.2, 0.25) is 0 Å². The van der Waals surface area contributed by atoms with Gasteiger partial charge in [0, 0.05) is 45.8 Å². The molecule has 0 atom stereocenters. The van der Waals surface area contributed by atoms with Gasteiger partial charge in [-0.2, -0.15) is 10.2 Å². The van der Waals surface area contributed by atoms with E-state index in [0.29, 0.717) is 5.84 Å². The fourth-order valence-electron chi connectivity index (χ4n) is 4.24. The molecule has 0 unspecified atom stereocenters. The van der Waals surface area contributed by atoms with Crippen molar-refractivity contribution in [2.45, 2.75) is 81.7 Å². The predicted octanol–water partition coefficient (Wildman–Crippen LogP) is 6.25. The third-order valence-electron chi connectivity index (χ3n) is 7.07. The van der Waals surface area contributed by atoms with Gasteiger partial charge in [-0.15, -0.1) is 12.8 Å². The molecule has 3 heterocycles. The lowest BCUT2D eigenvalue weighted by Crippen LogP contribution is -2.48. The first-order valence-electron chi connectivity index (χ1n) is 15.9. The maximum atomic E-state index is 11.3. The summed E-state index contributed by atoms with van der Waals surface area (Å²) >= 11 is 0. The summed E-state index contributed by atoms with van der Waals surface area (Å²) in [5, 5.41) is 10.6. The number of allylic oxidation sites excluding steroid dienone is 3. The first-order chi connectivity index (χ1) is 21.6. The quantitative estimate of drug-likeness (QED) is 0.225. The monoisotopic (exact) mass is 618 g/mol. The SMILES string of the molecule is C#C.C/C=C1/C(N)=NC=NN1CCCCN1CCN(C(C)=O)CC1.CC.CC=C(C)C.Cc1cn(Cc2ccccc2)nc1C. The maximum Gasteiger partial charge on any atom is 0.219 e. The van der Waals surface area contributed by atoms with Crippen LogP contribution in [-0.4, -0.2) is 81.9 Å². The van der Waals surface area contributed by atoms with Crippen LogP contribution in [-0.2, 0) is 11.3 Å². The lowest BCUT2D eigenvalue weighted by molar-refractivity contribution is -0.130. The Hall–Kier alpha value is -4.16. The Morgan fingerprint density at radius 2 is 1.53 bits per heavy atom. The summed E-state index contributed by atoms with van der Waals surface area (Å²) in [7, 11) is 0. The number of hydrazone groups is 1. The molecule has 1 saturated heterocycles. The minimum atomic E-state index is 0.181. The molecule has 1 aromatic carbocycles. The number of nitrogens with two attached hydrogens (primary N) is 1. The molecule has 1 fully saturated rings. The highest BCUT2D eigenvalue weighted by molar-refractivity contribution is 6.01. The number of carbonyl (C=O) groups excluding carboxylic acids is 1. The average Bonchev–Trinajstić information content (AvgIpc) is 3.38. The number of benzene rings is 1. The molecule has 0 radical (unpaired) electrons. The Kier molecular flexibility index (Phi) is 22.0. The number of terminal acetylenes is 1. The van der Waals surface area contributed by atoms with Gasteiger partial charge in [-0.1, -0.05) is 61.9 Å². The fourth-order valence-corrected chi connectivity index (χ4v) is 4.24. The number of unbranched alkanes of at least 4 members (excludes halogenated alkanes) is 1. The van der Waals surface area contributed by atoms with Crippen LogP contribution in [0.3, 0.4) is 0 Å². The molecule has 2 aliphatic heterocycles. The van der Waals surface area contributed by atoms with Crippen LogP contribution < -0.4 is 5.73 Å². The van der Waals surface area contributed by atoms with Crippen molar-refractivity contribution >= 4 is 18.1 Å². The fraction of sp³-hybridized carbons (Fsp3) is 0.500. The van der Waals surface area contributed by atoms with Crippen LogP contribution in [0, 0.1) is 26.7 Å². The molecule has 0 spiro atoms. The van der Waals surface area contributed by atoms with Crippen molar-refractivity contribution in [3.8, 4) is 12.8 Å². The second-order valence-electron chi connectivity index (χ2n) is 10.5. The molecule has 9 heteroatoms. The van der Waals surface area contributed by atoms with Crippen LogP contribution >= 0.6 is 0 Å². The highest BCUT2D eigenvalue weighted by Gasteiger charge is 2.18. The van der Waals surface area contributed by atoms with E-state index in [9.17, 15) is 4.79 Å². The number of piperazine rings is 1. The van der Waals surface area contributed by atoms with Gasteiger partial charge in [0.05, 0.1) is 17.9 Å². The standard InChI is InChI=1S/C15H26N6O.C12H14N2.C5H10.C2H6.C2H2/c1-3-14-15(16)17-12-18-21(14)7-5-4-6-19-8-10-20(11-9-19)13(2)22;1-10-8-14(13-11(10)2)9-12-6-4-3-5-7-12;1-4-5(2)3;2*1-2/h3,12H,4-11H2,1-2H3,(H2,16,17,18);3-8H,9H2,1-2H3;4H,1-3H3;1-2H3;1-2H/b14-3-;;;;. The Morgan fingerprint density at radius 1 is 0.956 bits per heavy atom. The number of hydrogen-bond donors (Lipinski definition) is 1. The van der Waals surface area contributed by atoms with Gasteiger partial charge in [0.2, 0.25) is 5.91 Å². The van der Waals surface area contributed by atoms with Crippen molar-refractivity contribution in [3.63, 3.8) is 0 Å². The third kappa shape index (κ3) is 16.5. The van der Waals surface area contributed by atoms with Crippen LogP contribution in [0.15, 0.2) is 70.0 Å². The lowest BCUT2D eigenvalue weighted by atomic mass is 10.2. The van der Waals surface area contributed by atoms with E-state index in [4.69, 9.17) is 5.73 Å². The summed E-state index contributed by atoms with van der Waals surface area (Å²) in [6.45, 7) is 24.3. The average molecular weight is 619 g/mol. The van der Waals surface area contributed by atoms with Gasteiger partial charge in [0.25, 0.3) is 0 Å². The van der Waals surface area contributed by atoms with Gasteiger partial charge in [-0.25, -0.2) is 4.99 Å². The molecule has 0 aliphatic carbocycles. The maximum absolute atomic E-state index is 11.3. The minimum Gasteiger partial charge on any atom is -0.382 e. The topological polar surface area (TPSA) is 95.4 Å². The highest BCUT2D eigenvalue weighted by Crippen LogP contribution is 2.11. The number of aryl methyl sites for hydroxylation is 2. The normalized spacial score (nSPS) is 14.6. The summed E-state index contributed by atoms with van der Waals surface area (Å²) < 4.78 is 1.99. The summed E-state index contributed by atoms with van der Waals surface area (Å²) in [5.41, 5.74) is 11.8. The van der Waals surface area contributed by atoms with Gasteiger partial charge < -0.3 is 10.6 Å². The van der Waals surface area contributed by atoms with E-state index >= 15 is 0 Å². The number of carbonyl (C=O) groups is 1. The number of amidine groups is 1. The van der Waals surface area contributed by atoms with Crippen LogP contribution in [0.25, 0.3) is 0 Å². The van der Waals surface area contributed by atoms with Crippen LogP contribution in [0.1, 0.15) is 78.1 Å². The van der Waals surface area contributed by atoms with E-state index in [-0.39, 0.29) is 5.91 Å². The number of amides is 1. The molecule has 0 saturated carbocycles. The van der Waals surface area contributed by atoms with E-state index in [2.05, 4.69) is 90.2 Å². The third-order valence-corrected chi connectivity index (χ3v) is 7.07. The van der Waals surface area contributed by atoms with Crippen LogP contribution in [0.5, 0.6) is 0 Å². The molecule has 9 nitrogen and oxygen atoms in total. The van der Waals surface area contributed by atoms with Gasteiger partial charge in [-0.3, -0.25) is 19.4 Å².